The van der Waals surface area contributed by atoms with E-state index in [4.69, 9.17) is 3.07 Å². The van der Waals surface area contributed by atoms with Gasteiger partial charge in [0.1, 0.15) is 5.75 Å². The van der Waals surface area contributed by atoms with Gasteiger partial charge in [-0.2, -0.15) is 36.3 Å². The average Bonchev–Trinajstić information content (AvgIpc) is 2.58. The van der Waals surface area contributed by atoms with Crippen molar-refractivity contribution in [3.05, 3.63) is 24.3 Å². The summed E-state index contributed by atoms with van der Waals surface area (Å²) < 4.78 is 89.3. The van der Waals surface area contributed by atoms with Crippen molar-refractivity contribution in [2.45, 2.75) is 18.5 Å². The lowest BCUT2D eigenvalue weighted by atomic mass is 10.3. The number of rotatable bonds is 6. The summed E-state index contributed by atoms with van der Waals surface area (Å²) in [5, 5.41) is 2.58. The van der Waals surface area contributed by atoms with E-state index >= 15 is 0 Å². The van der Waals surface area contributed by atoms with Crippen molar-refractivity contribution in [2.75, 3.05) is 12.4 Å². The van der Waals surface area contributed by atoms with Crippen molar-refractivity contribution in [2.24, 2.45) is 0 Å². The Labute approximate surface area is 161 Å². The second kappa shape index (κ2) is 8.18. The van der Waals surface area contributed by atoms with Gasteiger partial charge in [-0.1, -0.05) is 0 Å². The smallest absolute Gasteiger partial charge is 0.434 e. The first-order valence-corrected chi connectivity index (χ1v) is 7.67. The molecule has 0 saturated carbocycles. The monoisotopic (exact) mass is 510 g/mol. The van der Waals surface area contributed by atoms with Crippen molar-refractivity contribution < 1.29 is 38.9 Å². The summed E-state index contributed by atoms with van der Waals surface area (Å²) in [4.78, 5) is 10.4. The van der Waals surface area contributed by atoms with E-state index in [9.17, 15) is 26.3 Å². The molecule has 1 heterocycles. The Kier molecular flexibility index (Phi) is 6.38. The number of nitrogens with zero attached hydrogens (tertiary/aromatic N) is 3. The van der Waals surface area contributed by atoms with Crippen LogP contribution in [0, 0.1) is 0 Å². The summed E-state index contributed by atoms with van der Waals surface area (Å²) in [7, 11) is 1.07. The minimum atomic E-state index is -5.72. The van der Waals surface area contributed by atoms with Crippen molar-refractivity contribution in [3.63, 3.8) is 0 Å². The van der Waals surface area contributed by atoms with Crippen molar-refractivity contribution >= 4 is 34.6 Å². The molecule has 0 radical (unpaired) electrons. The fraction of sp³-hybridized carbons (Fsp3) is 0.308. The zero-order valence-electron chi connectivity index (χ0n) is 13.1. The van der Waals surface area contributed by atoms with Crippen LogP contribution in [0.5, 0.6) is 17.8 Å². The molecule has 148 valence electrons. The maximum Gasteiger partial charge on any atom is 0.434 e. The predicted octanol–water partition coefficient (Wildman–Crippen LogP) is 4.22. The molecule has 2 aromatic rings. The van der Waals surface area contributed by atoms with Gasteiger partial charge < -0.3 is 17.9 Å². The molecular formula is C13H9F6IN4O3. The van der Waals surface area contributed by atoms with Crippen LogP contribution in [-0.4, -0.2) is 40.5 Å². The highest BCUT2D eigenvalue weighted by Crippen LogP contribution is 2.36. The molecule has 0 bridgehead atoms. The number of alkyl halides is 6. The van der Waals surface area contributed by atoms with Gasteiger partial charge in [0.05, 0.1) is 7.11 Å². The normalized spacial score (nSPS) is 12.0. The Bertz CT molecular complexity index is 758. The van der Waals surface area contributed by atoms with Gasteiger partial charge in [-0.05, 0) is 24.3 Å². The molecule has 0 aliphatic carbocycles. The van der Waals surface area contributed by atoms with E-state index in [1.807, 2.05) is 0 Å². The fourth-order valence-corrected chi connectivity index (χ4v) is 1.97. The highest BCUT2D eigenvalue weighted by Gasteiger charge is 2.59. The number of nitrogens with one attached hydrogen (secondary N) is 1. The molecule has 1 aromatic carbocycles. The standard InChI is InChI=1S/C13H9F6IN4O3/c1-25-10-22-9(21-6-2-4-7(27-20)5-3-6)23-11(24-10)26-8(12(14,15)16)13(17,18)19/h2-5,8H,1H3,(H,21,22,23,24). The maximum absolute atomic E-state index is 12.6. The van der Waals surface area contributed by atoms with Crippen molar-refractivity contribution in [3.8, 4) is 17.8 Å². The molecule has 0 fully saturated rings. The van der Waals surface area contributed by atoms with Crippen LogP contribution in [-0.2, 0) is 0 Å². The summed E-state index contributed by atoms with van der Waals surface area (Å²) in [6, 6.07) is 4.37. The van der Waals surface area contributed by atoms with E-state index in [1.54, 1.807) is 35.1 Å². The molecule has 0 unspecified atom stereocenters. The van der Waals surface area contributed by atoms with Crippen LogP contribution in [0.1, 0.15) is 0 Å². The molecule has 0 saturated heterocycles. The molecule has 0 aliphatic heterocycles. The van der Waals surface area contributed by atoms with Crippen LogP contribution in [0.25, 0.3) is 0 Å². The molecule has 1 aromatic heterocycles. The van der Waals surface area contributed by atoms with Gasteiger partial charge in [-0.25, -0.2) is 0 Å². The third-order valence-electron chi connectivity index (χ3n) is 2.79. The molecular weight excluding hydrogens is 501 g/mol. The molecule has 0 aliphatic rings. The second-order valence-corrected chi connectivity index (χ2v) is 5.18. The largest absolute Gasteiger partial charge is 0.467 e. The quantitative estimate of drug-likeness (QED) is 0.461. The summed E-state index contributed by atoms with van der Waals surface area (Å²) >= 11 is 1.66. The van der Waals surface area contributed by atoms with Gasteiger partial charge in [-0.15, -0.1) is 4.98 Å². The highest BCUT2D eigenvalue weighted by atomic mass is 127. The SMILES string of the molecule is COc1nc(Nc2ccc(OI)cc2)nc(OC(C(F)(F)F)C(F)(F)F)n1. The van der Waals surface area contributed by atoms with Gasteiger partial charge in [0.25, 0.3) is 6.10 Å². The van der Waals surface area contributed by atoms with Gasteiger partial charge in [0.2, 0.25) is 5.95 Å². The molecule has 2 rings (SSSR count). The van der Waals surface area contributed by atoms with Gasteiger partial charge in [0, 0.05) is 5.69 Å². The zero-order chi connectivity index (χ0) is 20.2. The molecule has 0 atom stereocenters. The number of aromatic nitrogens is 3. The minimum absolute atomic E-state index is 0.370. The van der Waals surface area contributed by atoms with Crippen LogP contribution in [0.3, 0.4) is 0 Å². The molecule has 14 heteroatoms. The van der Waals surface area contributed by atoms with E-state index in [0.29, 0.717) is 11.4 Å². The molecule has 7 nitrogen and oxygen atoms in total. The van der Waals surface area contributed by atoms with Gasteiger partial charge in [0.15, 0.2) is 23.0 Å². The second-order valence-electron chi connectivity index (χ2n) is 4.74. The van der Waals surface area contributed by atoms with Crippen LogP contribution < -0.4 is 17.9 Å². The maximum atomic E-state index is 12.6. The minimum Gasteiger partial charge on any atom is -0.467 e. The Hall–Kier alpha value is -2.26. The molecule has 0 amide bonds. The van der Waals surface area contributed by atoms with E-state index in [0.717, 1.165) is 7.11 Å². The summed E-state index contributed by atoms with van der Waals surface area (Å²) in [6.07, 6.45) is -15.5. The van der Waals surface area contributed by atoms with Crippen LogP contribution in [0.15, 0.2) is 24.3 Å². The van der Waals surface area contributed by atoms with E-state index < -0.39 is 30.5 Å². The zero-order valence-corrected chi connectivity index (χ0v) is 15.3. The summed E-state index contributed by atoms with van der Waals surface area (Å²) in [5.74, 6) is 0.125. The number of benzene rings is 1. The fourth-order valence-electron chi connectivity index (χ4n) is 1.68. The van der Waals surface area contributed by atoms with Crippen molar-refractivity contribution in [1.29, 1.82) is 0 Å². The Balaban J connectivity index is 2.30. The Morgan fingerprint density at radius 1 is 0.926 bits per heavy atom. The Morgan fingerprint density at radius 3 is 1.96 bits per heavy atom. The number of hydrogen-bond acceptors (Lipinski definition) is 7. The first-order chi connectivity index (χ1) is 12.5. The van der Waals surface area contributed by atoms with E-state index in [2.05, 4.69) is 29.7 Å². The van der Waals surface area contributed by atoms with Crippen LogP contribution >= 0.6 is 23.0 Å². The third kappa shape index (κ3) is 5.86. The topological polar surface area (TPSA) is 78.4 Å². The molecule has 1 N–H and O–H groups in total. The lowest BCUT2D eigenvalue weighted by Gasteiger charge is -2.22. The number of ether oxygens (including phenoxy) is 2. The van der Waals surface area contributed by atoms with Gasteiger partial charge >= 0.3 is 24.4 Å². The van der Waals surface area contributed by atoms with Crippen molar-refractivity contribution in [1.82, 2.24) is 15.0 Å². The lowest BCUT2D eigenvalue weighted by Crippen LogP contribution is -2.46. The first kappa shape index (κ1) is 21.0. The first-order valence-electron chi connectivity index (χ1n) is 6.78. The number of methoxy groups -OCH3 is 1. The van der Waals surface area contributed by atoms with E-state index in [-0.39, 0.29) is 5.95 Å². The highest BCUT2D eigenvalue weighted by molar-refractivity contribution is 14.1. The predicted molar refractivity (Wildman–Crippen MR) is 87.3 cm³/mol. The Morgan fingerprint density at radius 2 is 1.48 bits per heavy atom. The van der Waals surface area contributed by atoms with Crippen LogP contribution in [0.4, 0.5) is 38.0 Å². The van der Waals surface area contributed by atoms with Gasteiger partial charge in [-0.3, -0.25) is 0 Å². The third-order valence-corrected chi connectivity index (χ3v) is 3.30. The van der Waals surface area contributed by atoms with E-state index in [1.165, 1.54) is 12.1 Å². The van der Waals surface area contributed by atoms with Crippen LogP contribution in [0.2, 0.25) is 0 Å². The number of hydrogen-bond donors (Lipinski definition) is 1. The lowest BCUT2D eigenvalue weighted by molar-refractivity contribution is -0.301. The summed E-state index contributed by atoms with van der Waals surface area (Å²) in [6.45, 7) is 0. The number of halogens is 7. The summed E-state index contributed by atoms with van der Waals surface area (Å²) in [5.41, 5.74) is 0.370. The number of anilines is 2. The molecule has 0 spiro atoms. The molecule has 27 heavy (non-hydrogen) atoms. The average molecular weight is 510 g/mol.